The molecule has 2 aromatic carbocycles. The van der Waals surface area contributed by atoms with Crippen molar-refractivity contribution < 1.29 is 38.6 Å². The van der Waals surface area contributed by atoms with E-state index in [1.165, 1.54) is 33.9 Å². The van der Waals surface area contributed by atoms with E-state index in [9.17, 15) is 19.8 Å². The molecule has 2 aromatic rings. The number of nitrogens with one attached hydrogen (secondary N) is 2. The van der Waals surface area contributed by atoms with E-state index in [1.54, 1.807) is 13.8 Å². The summed E-state index contributed by atoms with van der Waals surface area (Å²) in [6, 6.07) is 17.3. The second-order valence-electron chi connectivity index (χ2n) is 19.3. The molecule has 340 valence electrons. The van der Waals surface area contributed by atoms with Crippen LogP contribution in [0.2, 0.25) is 0 Å². The number of para-hydroxylation sites is 2. The molecule has 0 bridgehead atoms. The number of aliphatic hydroxyl groups excluding tert-OH is 2. The number of fused-ring (bicyclic) bond motifs is 2. The molecule has 2 unspecified atom stereocenters. The fourth-order valence-corrected chi connectivity index (χ4v) is 8.97. The number of hydrogen-bond acceptors (Lipinski definition) is 8. The highest BCUT2D eigenvalue weighted by molar-refractivity contribution is 6.03. The molecular formula is C51H75N4O7+. The molecule has 0 aromatic heterocycles. The molecule has 11 nitrogen and oxygen atoms in total. The number of allylic oxidation sites excluding steroid dienone is 6. The van der Waals surface area contributed by atoms with Crippen LogP contribution in [-0.2, 0) is 34.6 Å². The number of unbranched alkanes of at least 4 members (excludes halogenated alkanes) is 5. The van der Waals surface area contributed by atoms with E-state index >= 15 is 0 Å². The average molecular weight is 856 g/mol. The van der Waals surface area contributed by atoms with E-state index in [1.807, 2.05) is 20.8 Å². The minimum Gasteiger partial charge on any atom is -0.387 e. The van der Waals surface area contributed by atoms with Crippen LogP contribution in [0.1, 0.15) is 125 Å². The second kappa shape index (κ2) is 21.5. The highest BCUT2D eigenvalue weighted by Crippen LogP contribution is 2.47. The zero-order valence-corrected chi connectivity index (χ0v) is 39.1. The number of amides is 2. The van der Waals surface area contributed by atoms with Gasteiger partial charge in [0.2, 0.25) is 11.6 Å². The number of benzene rings is 2. The maximum absolute atomic E-state index is 13.2. The fraction of sp³-hybridized carbons (Fsp3) is 0.588. The van der Waals surface area contributed by atoms with Crippen molar-refractivity contribution in [2.24, 2.45) is 0 Å². The van der Waals surface area contributed by atoms with Gasteiger partial charge in [-0.1, -0.05) is 87.7 Å². The standard InChI is InChI=1S/C51H74N4O7/c1-35(2)60-48-44(58)43(57)45(62-49(3,4)5)46(61-48)47(59)53-33-23-12-11-22-32-52-42(56)31-17-14-24-34-55-39-28-21-19-26-37(39)51(8,9)41(55)30-16-13-15-29-40-50(6,7)36-25-18-20-27-38(36)54(40)10/h13,15-16,18-21,25-30,35,43-46,48,57-58H,11-12,14,17,22-24,31-34H2,1-10H3,(H-,52,53,56,59)/p+1/t43-,44?,45+,46?,48-/m1/s1. The van der Waals surface area contributed by atoms with Crippen LogP contribution in [0.25, 0.3) is 0 Å². The van der Waals surface area contributed by atoms with Gasteiger partial charge in [-0.05, 0) is 91.9 Å². The summed E-state index contributed by atoms with van der Waals surface area (Å²) < 4.78 is 19.7. The summed E-state index contributed by atoms with van der Waals surface area (Å²) in [6.45, 7) is 20.2. The smallest absolute Gasteiger partial charge is 0.252 e. The number of anilines is 1. The lowest BCUT2D eigenvalue weighted by molar-refractivity contribution is -0.401. The van der Waals surface area contributed by atoms with Crippen molar-refractivity contribution >= 4 is 28.9 Å². The van der Waals surface area contributed by atoms with Gasteiger partial charge in [0.25, 0.3) is 5.91 Å². The number of rotatable bonds is 20. The molecule has 4 N–H and O–H groups in total. The molecule has 5 rings (SSSR count). The van der Waals surface area contributed by atoms with Gasteiger partial charge in [-0.25, -0.2) is 0 Å². The number of ether oxygens (including phenoxy) is 3. The van der Waals surface area contributed by atoms with Crippen LogP contribution in [0.15, 0.2) is 84.6 Å². The Hall–Kier alpha value is -4.13. The van der Waals surface area contributed by atoms with Crippen LogP contribution in [-0.4, -0.2) is 101 Å². The van der Waals surface area contributed by atoms with Gasteiger partial charge in [0.1, 0.15) is 25.4 Å². The first-order valence-corrected chi connectivity index (χ1v) is 22.9. The molecule has 0 aliphatic carbocycles. The number of carbonyl (C=O) groups excluding carboxylic acids is 2. The largest absolute Gasteiger partial charge is 0.387 e. The van der Waals surface area contributed by atoms with Gasteiger partial charge in [0, 0.05) is 60.6 Å². The zero-order chi connectivity index (χ0) is 45.2. The third-order valence-electron chi connectivity index (χ3n) is 12.2. The minimum atomic E-state index is -1.35. The first kappa shape index (κ1) is 48.9. The highest BCUT2D eigenvalue weighted by Gasteiger charge is 2.50. The third kappa shape index (κ3) is 12.1. The summed E-state index contributed by atoms with van der Waals surface area (Å²) in [5.74, 6) is -0.329. The van der Waals surface area contributed by atoms with Gasteiger partial charge in [-0.3, -0.25) is 9.59 Å². The lowest BCUT2D eigenvalue weighted by atomic mass is 9.81. The quantitative estimate of drug-likeness (QED) is 0.0601. The topological polar surface area (TPSA) is 133 Å². The Bertz CT molecular complexity index is 1960. The van der Waals surface area contributed by atoms with E-state index in [4.69, 9.17) is 14.2 Å². The van der Waals surface area contributed by atoms with Crippen LogP contribution in [0, 0.1) is 0 Å². The molecule has 3 heterocycles. The maximum Gasteiger partial charge on any atom is 0.252 e. The maximum atomic E-state index is 13.2. The fourth-order valence-electron chi connectivity index (χ4n) is 8.97. The Morgan fingerprint density at radius 1 is 0.839 bits per heavy atom. The van der Waals surface area contributed by atoms with Crippen molar-refractivity contribution in [2.45, 2.75) is 167 Å². The van der Waals surface area contributed by atoms with Crippen molar-refractivity contribution in [2.75, 3.05) is 31.6 Å². The predicted molar refractivity (Wildman–Crippen MR) is 248 cm³/mol. The van der Waals surface area contributed by atoms with Gasteiger partial charge in [0.05, 0.1) is 17.1 Å². The van der Waals surface area contributed by atoms with E-state index in [0.717, 1.165) is 51.5 Å². The van der Waals surface area contributed by atoms with Crippen LogP contribution in [0.3, 0.4) is 0 Å². The van der Waals surface area contributed by atoms with Gasteiger partial charge in [-0.15, -0.1) is 0 Å². The normalized spacial score (nSPS) is 23.8. The van der Waals surface area contributed by atoms with Crippen molar-refractivity contribution in [3.8, 4) is 0 Å². The van der Waals surface area contributed by atoms with E-state index in [2.05, 4.69) is 134 Å². The summed E-state index contributed by atoms with van der Waals surface area (Å²) in [5, 5.41) is 27.4. The van der Waals surface area contributed by atoms with Crippen LogP contribution in [0.4, 0.5) is 11.4 Å². The molecule has 1 saturated heterocycles. The molecule has 2 amide bonds. The average Bonchev–Trinajstić information content (AvgIpc) is 3.55. The summed E-state index contributed by atoms with van der Waals surface area (Å²) in [5.41, 5.74) is 6.92. The Balaban J connectivity index is 1.00. The first-order chi connectivity index (χ1) is 29.3. The zero-order valence-electron chi connectivity index (χ0n) is 39.1. The van der Waals surface area contributed by atoms with Crippen molar-refractivity contribution in [1.29, 1.82) is 0 Å². The molecule has 11 heteroatoms. The van der Waals surface area contributed by atoms with Gasteiger partial charge in [0.15, 0.2) is 18.1 Å². The molecule has 0 radical (unpaired) electrons. The Morgan fingerprint density at radius 2 is 1.48 bits per heavy atom. The first-order valence-electron chi connectivity index (χ1n) is 22.9. The van der Waals surface area contributed by atoms with E-state index < -0.39 is 42.2 Å². The Kier molecular flexibility index (Phi) is 17.0. The summed E-state index contributed by atoms with van der Waals surface area (Å²) in [7, 11) is 2.15. The van der Waals surface area contributed by atoms with Crippen molar-refractivity contribution in [1.82, 2.24) is 10.6 Å². The Labute approximate surface area is 371 Å². The van der Waals surface area contributed by atoms with E-state index in [-0.39, 0.29) is 22.8 Å². The van der Waals surface area contributed by atoms with E-state index in [0.29, 0.717) is 19.5 Å². The number of aliphatic hydroxyl groups is 2. The molecule has 0 spiro atoms. The Morgan fingerprint density at radius 3 is 2.16 bits per heavy atom. The molecule has 1 fully saturated rings. The number of hydrogen-bond donors (Lipinski definition) is 4. The predicted octanol–water partition coefficient (Wildman–Crippen LogP) is 7.90. The molecule has 3 aliphatic rings. The monoisotopic (exact) mass is 856 g/mol. The summed E-state index contributed by atoms with van der Waals surface area (Å²) >= 11 is 0. The molecule has 0 saturated carbocycles. The van der Waals surface area contributed by atoms with Crippen molar-refractivity contribution in [3.63, 3.8) is 0 Å². The van der Waals surface area contributed by atoms with Crippen LogP contribution in [0.5, 0.6) is 0 Å². The lowest BCUT2D eigenvalue weighted by Crippen LogP contribution is -2.64. The van der Waals surface area contributed by atoms with Gasteiger partial charge >= 0.3 is 0 Å². The molecule has 5 atom stereocenters. The summed E-state index contributed by atoms with van der Waals surface area (Å²) in [6.07, 6.45) is 11.3. The number of carbonyl (C=O) groups is 2. The highest BCUT2D eigenvalue weighted by atomic mass is 16.7. The third-order valence-corrected chi connectivity index (χ3v) is 12.2. The van der Waals surface area contributed by atoms with Crippen LogP contribution >= 0.6 is 0 Å². The second-order valence-corrected chi connectivity index (χ2v) is 19.3. The number of nitrogens with zero attached hydrogens (tertiary/aromatic N) is 2. The summed E-state index contributed by atoms with van der Waals surface area (Å²) in [4.78, 5) is 28.3. The van der Waals surface area contributed by atoms with Crippen molar-refractivity contribution in [3.05, 3.63) is 95.7 Å². The van der Waals surface area contributed by atoms with Gasteiger partial charge in [-0.2, -0.15) is 4.58 Å². The minimum absolute atomic E-state index is 0.0558. The lowest BCUT2D eigenvalue weighted by Gasteiger charge is -2.44. The van der Waals surface area contributed by atoms with Gasteiger partial charge < -0.3 is 40.0 Å². The van der Waals surface area contributed by atoms with Crippen LogP contribution < -0.4 is 15.5 Å². The molecule has 62 heavy (non-hydrogen) atoms. The molecule has 3 aliphatic heterocycles. The molecular weight excluding hydrogens is 781 g/mol. The SMILES string of the molecule is CC(C)O[C@@H]1OC(C(=O)NCCCCCCNC(=O)CCCCCN2/C(=C/C=C/C=C/C3=[N+](C)c4ccccc4C3(C)C)C(C)(C)c3ccccc32)[C@@H](OC(C)(C)C)[C@H](O)C1O.